The van der Waals surface area contributed by atoms with Crippen LogP contribution in [-0.4, -0.2) is 22.2 Å². The van der Waals surface area contributed by atoms with Gasteiger partial charge in [0.25, 0.3) is 0 Å². The Kier molecular flexibility index (Phi) is 0.934. The first-order valence-electron chi connectivity index (χ1n) is 1.97. The summed E-state index contributed by atoms with van der Waals surface area (Å²) in [5.41, 5.74) is 2.70. The average molecular weight is 98.1 g/mol. The second-order valence-electron chi connectivity index (χ2n) is 1.04. The van der Waals surface area contributed by atoms with Crippen LogP contribution >= 0.6 is 0 Å². The molecule has 0 bridgehead atoms. The molecule has 1 heterocycles. The van der Waals surface area contributed by atoms with E-state index >= 15 is 0 Å². The van der Waals surface area contributed by atoms with Gasteiger partial charge in [-0.25, -0.2) is 0 Å². The molecule has 0 aromatic carbocycles. The first kappa shape index (κ1) is 4.11. The lowest BCUT2D eigenvalue weighted by Gasteiger charge is -1.90. The molecule has 0 saturated heterocycles. The summed E-state index contributed by atoms with van der Waals surface area (Å²) in [5.74, 6) is 0. The van der Waals surface area contributed by atoms with Crippen molar-refractivity contribution in [1.29, 1.82) is 0 Å². The minimum absolute atomic E-state index is 1.38. The molecular formula is C3H6N4. The Labute approximate surface area is 41.1 Å². The van der Waals surface area contributed by atoms with Gasteiger partial charge in [-0.1, -0.05) is 4.91 Å². The van der Waals surface area contributed by atoms with E-state index in [2.05, 4.69) is 15.6 Å². The van der Waals surface area contributed by atoms with Gasteiger partial charge >= 0.3 is 0 Å². The fourth-order valence-corrected chi connectivity index (χ4v) is 0.331. The van der Waals surface area contributed by atoms with Crippen LogP contribution in [0.4, 0.5) is 0 Å². The summed E-state index contributed by atoms with van der Waals surface area (Å²) in [6.07, 6.45) is 3.22. The van der Waals surface area contributed by atoms with Gasteiger partial charge in [-0.3, -0.25) is 5.43 Å². The largest absolute Gasteiger partial charge is 0.296 e. The summed E-state index contributed by atoms with van der Waals surface area (Å²) < 4.78 is 0. The van der Waals surface area contributed by atoms with Crippen LogP contribution in [0.25, 0.3) is 0 Å². The Bertz CT molecular complexity index is 121. The Morgan fingerprint density at radius 1 is 1.43 bits per heavy atom. The lowest BCUT2D eigenvalue weighted by molar-refractivity contribution is 0.670. The third-order valence-corrected chi connectivity index (χ3v) is 0.619. The fraction of sp³-hybridized carbons (Fsp3) is 0.333. The third kappa shape index (κ3) is 0.677. The summed E-state index contributed by atoms with van der Waals surface area (Å²) in [5, 5.41) is 7.46. The van der Waals surface area contributed by atoms with Gasteiger partial charge in [-0.15, -0.1) is 10.2 Å². The van der Waals surface area contributed by atoms with Gasteiger partial charge in [0.05, 0.1) is 12.4 Å². The molecule has 0 aliphatic carbocycles. The second kappa shape index (κ2) is 1.59. The third-order valence-electron chi connectivity index (χ3n) is 0.619. The van der Waals surface area contributed by atoms with Crippen LogP contribution in [-0.2, 0) is 0 Å². The molecule has 4 heteroatoms. The SMILES string of the molecule is CNn1nccn1. The number of nitrogens with zero attached hydrogens (tertiary/aromatic N) is 3. The van der Waals surface area contributed by atoms with Crippen LogP contribution in [0.15, 0.2) is 12.4 Å². The van der Waals surface area contributed by atoms with Crippen molar-refractivity contribution < 1.29 is 0 Å². The molecule has 0 atom stereocenters. The smallest absolute Gasteiger partial charge is 0.0714 e. The number of nitrogens with one attached hydrogen (secondary N) is 1. The van der Waals surface area contributed by atoms with Crippen molar-refractivity contribution in [2.45, 2.75) is 0 Å². The number of rotatable bonds is 1. The van der Waals surface area contributed by atoms with Gasteiger partial charge in [-0.2, -0.15) is 0 Å². The zero-order valence-electron chi connectivity index (χ0n) is 4.00. The highest BCUT2D eigenvalue weighted by atomic mass is 15.7. The Morgan fingerprint density at radius 2 is 2.00 bits per heavy atom. The predicted molar refractivity (Wildman–Crippen MR) is 25.3 cm³/mol. The van der Waals surface area contributed by atoms with Gasteiger partial charge in [0.2, 0.25) is 0 Å². The maximum atomic E-state index is 3.73. The molecule has 1 aromatic rings. The van der Waals surface area contributed by atoms with E-state index in [9.17, 15) is 0 Å². The summed E-state index contributed by atoms with van der Waals surface area (Å²) in [6, 6.07) is 0. The lowest BCUT2D eigenvalue weighted by atomic mass is 11.0. The standard InChI is InChI=1S/C3H6N4/c1-4-7-5-2-3-6-7/h2-4H,1H3. The molecule has 0 fully saturated rings. The Balaban J connectivity index is 2.76. The second-order valence-corrected chi connectivity index (χ2v) is 1.04. The summed E-state index contributed by atoms with van der Waals surface area (Å²) in [6.45, 7) is 0. The molecule has 0 aliphatic heterocycles. The fourth-order valence-electron chi connectivity index (χ4n) is 0.331. The maximum absolute atomic E-state index is 3.73. The molecule has 4 nitrogen and oxygen atoms in total. The van der Waals surface area contributed by atoms with Crippen molar-refractivity contribution in [2.24, 2.45) is 0 Å². The molecule has 7 heavy (non-hydrogen) atoms. The van der Waals surface area contributed by atoms with Crippen LogP contribution in [0.5, 0.6) is 0 Å². The van der Waals surface area contributed by atoms with Gasteiger partial charge in [0.15, 0.2) is 0 Å². The summed E-state index contributed by atoms with van der Waals surface area (Å²) >= 11 is 0. The van der Waals surface area contributed by atoms with E-state index in [4.69, 9.17) is 0 Å². The molecule has 38 valence electrons. The minimum Gasteiger partial charge on any atom is -0.296 e. The normalized spacial score (nSPS) is 8.71. The molecule has 0 amide bonds. The number of aromatic nitrogens is 3. The maximum Gasteiger partial charge on any atom is 0.0714 e. The van der Waals surface area contributed by atoms with E-state index in [-0.39, 0.29) is 0 Å². The summed E-state index contributed by atoms with van der Waals surface area (Å²) in [7, 11) is 1.75. The van der Waals surface area contributed by atoms with Crippen molar-refractivity contribution in [1.82, 2.24) is 15.1 Å². The van der Waals surface area contributed by atoms with E-state index in [0.717, 1.165) is 0 Å². The van der Waals surface area contributed by atoms with Gasteiger partial charge < -0.3 is 0 Å². The molecule has 1 aromatic heterocycles. The van der Waals surface area contributed by atoms with Gasteiger partial charge in [-0.05, 0) is 0 Å². The monoisotopic (exact) mass is 98.1 g/mol. The van der Waals surface area contributed by atoms with E-state index in [1.54, 1.807) is 19.4 Å². The average Bonchev–Trinajstić information content (AvgIpc) is 2.14. The van der Waals surface area contributed by atoms with Gasteiger partial charge in [0, 0.05) is 7.05 Å². The van der Waals surface area contributed by atoms with Crippen LogP contribution < -0.4 is 5.43 Å². The van der Waals surface area contributed by atoms with Crippen molar-refractivity contribution >= 4 is 0 Å². The zero-order valence-corrected chi connectivity index (χ0v) is 4.00. The zero-order chi connectivity index (χ0) is 5.11. The topological polar surface area (TPSA) is 42.7 Å². The van der Waals surface area contributed by atoms with E-state index in [0.29, 0.717) is 0 Å². The number of hydrogen-bond acceptors (Lipinski definition) is 3. The highest BCUT2D eigenvalue weighted by Crippen LogP contribution is 1.65. The number of hydrogen-bond donors (Lipinski definition) is 1. The van der Waals surface area contributed by atoms with Crippen molar-refractivity contribution in [3.05, 3.63) is 12.4 Å². The van der Waals surface area contributed by atoms with E-state index < -0.39 is 0 Å². The van der Waals surface area contributed by atoms with E-state index in [1.165, 1.54) is 4.91 Å². The molecule has 1 rings (SSSR count). The molecule has 0 saturated carbocycles. The first-order chi connectivity index (χ1) is 3.43. The van der Waals surface area contributed by atoms with Crippen LogP contribution in [0.3, 0.4) is 0 Å². The Hall–Kier alpha value is -1.06. The van der Waals surface area contributed by atoms with Gasteiger partial charge in [0.1, 0.15) is 0 Å². The summed E-state index contributed by atoms with van der Waals surface area (Å²) in [4.78, 5) is 1.38. The molecule has 0 aliphatic rings. The quantitative estimate of drug-likeness (QED) is 0.512. The highest BCUT2D eigenvalue weighted by Gasteiger charge is 1.76. The van der Waals surface area contributed by atoms with Crippen LogP contribution in [0.1, 0.15) is 0 Å². The molecule has 0 unspecified atom stereocenters. The van der Waals surface area contributed by atoms with E-state index in [1.807, 2.05) is 0 Å². The Morgan fingerprint density at radius 3 is 2.29 bits per heavy atom. The molecular weight excluding hydrogens is 92.1 g/mol. The predicted octanol–water partition coefficient (Wildman–Crippen LogP) is -0.549. The van der Waals surface area contributed by atoms with Crippen LogP contribution in [0.2, 0.25) is 0 Å². The first-order valence-corrected chi connectivity index (χ1v) is 1.97. The van der Waals surface area contributed by atoms with Crippen molar-refractivity contribution in [2.75, 3.05) is 12.5 Å². The minimum atomic E-state index is 1.38. The molecule has 0 radical (unpaired) electrons. The van der Waals surface area contributed by atoms with Crippen molar-refractivity contribution in [3.63, 3.8) is 0 Å². The molecule has 0 spiro atoms. The van der Waals surface area contributed by atoms with Crippen molar-refractivity contribution in [3.8, 4) is 0 Å². The highest BCUT2D eigenvalue weighted by molar-refractivity contribution is 4.61. The lowest BCUT2D eigenvalue weighted by Crippen LogP contribution is -2.11. The van der Waals surface area contributed by atoms with Crippen LogP contribution in [0, 0.1) is 0 Å². The molecule has 1 N–H and O–H groups in total.